The van der Waals surface area contributed by atoms with Crippen molar-refractivity contribution in [3.8, 4) is 0 Å². The average molecular weight is 279 g/mol. The molecule has 0 amide bonds. The Hall–Kier alpha value is -0.460. The highest BCUT2D eigenvalue weighted by atomic mass is 19.4. The van der Waals surface area contributed by atoms with Gasteiger partial charge in [0, 0.05) is 6.04 Å². The summed E-state index contributed by atoms with van der Waals surface area (Å²) in [4.78, 5) is 0. The maximum absolute atomic E-state index is 12.3. The Morgan fingerprint density at radius 2 is 1.28 bits per heavy atom. The molecule has 7 heteroatoms. The first-order valence-electron chi connectivity index (χ1n) is 5.99. The summed E-state index contributed by atoms with van der Waals surface area (Å²) in [5.41, 5.74) is 5.06. The van der Waals surface area contributed by atoms with Gasteiger partial charge in [-0.3, -0.25) is 0 Å². The van der Waals surface area contributed by atoms with Crippen LogP contribution in [-0.4, -0.2) is 18.4 Å². The van der Waals surface area contributed by atoms with E-state index in [1.165, 1.54) is 0 Å². The molecule has 0 spiro atoms. The van der Waals surface area contributed by atoms with Crippen molar-refractivity contribution < 1.29 is 26.3 Å². The summed E-state index contributed by atoms with van der Waals surface area (Å²) in [7, 11) is 0. The first-order valence-corrected chi connectivity index (χ1v) is 5.99. The van der Waals surface area contributed by atoms with Crippen LogP contribution in [0.4, 0.5) is 26.3 Å². The molecule has 18 heavy (non-hydrogen) atoms. The van der Waals surface area contributed by atoms with E-state index in [0.29, 0.717) is 12.8 Å². The predicted octanol–water partition coefficient (Wildman–Crippen LogP) is 4.42. The normalized spacial score (nSPS) is 15.2. The van der Waals surface area contributed by atoms with E-state index in [4.69, 9.17) is 5.73 Å². The number of hydrogen-bond acceptors (Lipinski definition) is 1. The van der Waals surface area contributed by atoms with Crippen molar-refractivity contribution in [2.24, 2.45) is 11.7 Å². The van der Waals surface area contributed by atoms with E-state index >= 15 is 0 Å². The van der Waals surface area contributed by atoms with Gasteiger partial charge in [0.1, 0.15) is 0 Å². The number of unbranched alkanes of at least 4 members (excludes halogenated alkanes) is 4. The Bertz CT molecular complexity index is 209. The van der Waals surface area contributed by atoms with Crippen LogP contribution in [0, 0.1) is 5.92 Å². The lowest BCUT2D eigenvalue weighted by Crippen LogP contribution is -2.48. The van der Waals surface area contributed by atoms with Crippen LogP contribution in [0.15, 0.2) is 0 Å². The van der Waals surface area contributed by atoms with Crippen LogP contribution < -0.4 is 5.73 Å². The Labute approximate surface area is 103 Å². The van der Waals surface area contributed by atoms with Gasteiger partial charge in [-0.05, 0) is 6.42 Å². The van der Waals surface area contributed by atoms with Gasteiger partial charge in [-0.25, -0.2) is 0 Å². The highest BCUT2D eigenvalue weighted by molar-refractivity contribution is 4.84. The molecule has 0 radical (unpaired) electrons. The molecule has 0 saturated heterocycles. The lowest BCUT2D eigenvalue weighted by atomic mass is 9.94. The average Bonchev–Trinajstić information content (AvgIpc) is 2.12. The first-order chi connectivity index (χ1) is 8.10. The number of rotatable bonds is 7. The Kier molecular flexibility index (Phi) is 7.02. The molecule has 0 rings (SSSR count). The lowest BCUT2D eigenvalue weighted by molar-refractivity contribution is -0.289. The zero-order valence-electron chi connectivity index (χ0n) is 10.2. The monoisotopic (exact) mass is 279 g/mol. The predicted molar refractivity (Wildman–Crippen MR) is 57.0 cm³/mol. The maximum Gasteiger partial charge on any atom is 0.401 e. The number of alkyl halides is 6. The highest BCUT2D eigenvalue weighted by Gasteiger charge is 2.59. The Morgan fingerprint density at radius 3 is 1.67 bits per heavy atom. The van der Waals surface area contributed by atoms with E-state index < -0.39 is 24.3 Å². The molecule has 1 nitrogen and oxygen atoms in total. The molecule has 0 bridgehead atoms. The van der Waals surface area contributed by atoms with Gasteiger partial charge in [0.05, 0.1) is 0 Å². The van der Waals surface area contributed by atoms with Gasteiger partial charge in [0.25, 0.3) is 0 Å². The van der Waals surface area contributed by atoms with Gasteiger partial charge in [0.2, 0.25) is 0 Å². The van der Waals surface area contributed by atoms with Crippen molar-refractivity contribution in [3.63, 3.8) is 0 Å². The zero-order chi connectivity index (χ0) is 14.4. The van der Waals surface area contributed by atoms with Crippen molar-refractivity contribution in [1.29, 1.82) is 0 Å². The van der Waals surface area contributed by atoms with Gasteiger partial charge in [-0.1, -0.05) is 39.0 Å². The van der Waals surface area contributed by atoms with E-state index in [9.17, 15) is 26.3 Å². The second kappa shape index (κ2) is 7.21. The van der Waals surface area contributed by atoms with Crippen molar-refractivity contribution in [1.82, 2.24) is 0 Å². The number of hydrogen-bond donors (Lipinski definition) is 1. The van der Waals surface area contributed by atoms with Gasteiger partial charge in [-0.15, -0.1) is 0 Å². The molecule has 0 fully saturated rings. The summed E-state index contributed by atoms with van der Waals surface area (Å²) in [6.45, 7) is 1.97. The summed E-state index contributed by atoms with van der Waals surface area (Å²) in [5, 5.41) is 0. The van der Waals surface area contributed by atoms with E-state index in [0.717, 1.165) is 19.3 Å². The highest BCUT2D eigenvalue weighted by Crippen LogP contribution is 2.41. The van der Waals surface area contributed by atoms with Crippen LogP contribution in [0.2, 0.25) is 0 Å². The molecular formula is C11H19F6N. The summed E-state index contributed by atoms with van der Waals surface area (Å²) < 4.78 is 73.8. The third-order valence-electron chi connectivity index (χ3n) is 2.77. The quantitative estimate of drug-likeness (QED) is 0.542. The standard InChI is InChI=1S/C11H19F6N/c1-2-3-4-5-6-7-8(18)9(10(12,13)14)11(15,16)17/h8-9H,2-7,18H2,1H3. The van der Waals surface area contributed by atoms with Crippen molar-refractivity contribution in [2.45, 2.75) is 63.8 Å². The SMILES string of the molecule is CCCCCCCC(N)C(C(F)(F)F)C(F)(F)F. The first kappa shape index (κ1) is 17.5. The summed E-state index contributed by atoms with van der Waals surface area (Å²) in [6, 6.07) is -1.91. The molecule has 0 aromatic carbocycles. The fraction of sp³-hybridized carbons (Fsp3) is 1.00. The molecule has 0 aromatic heterocycles. The van der Waals surface area contributed by atoms with Crippen molar-refractivity contribution >= 4 is 0 Å². The molecule has 110 valence electrons. The van der Waals surface area contributed by atoms with Crippen LogP contribution in [0.1, 0.15) is 45.4 Å². The minimum atomic E-state index is -5.33. The van der Waals surface area contributed by atoms with Crippen LogP contribution in [-0.2, 0) is 0 Å². The molecule has 0 aromatic rings. The zero-order valence-corrected chi connectivity index (χ0v) is 10.2. The second-order valence-electron chi connectivity index (χ2n) is 4.43. The topological polar surface area (TPSA) is 26.0 Å². The molecule has 1 atom stereocenters. The van der Waals surface area contributed by atoms with Crippen LogP contribution in [0.25, 0.3) is 0 Å². The third kappa shape index (κ3) is 6.47. The summed E-state index contributed by atoms with van der Waals surface area (Å²) >= 11 is 0. The van der Waals surface area contributed by atoms with E-state index in [1.807, 2.05) is 6.92 Å². The molecule has 0 aliphatic heterocycles. The molecule has 2 N–H and O–H groups in total. The largest absolute Gasteiger partial charge is 0.401 e. The van der Waals surface area contributed by atoms with E-state index in [-0.39, 0.29) is 6.42 Å². The van der Waals surface area contributed by atoms with Gasteiger partial charge >= 0.3 is 12.4 Å². The minimum absolute atomic E-state index is 0.257. The molecular weight excluding hydrogens is 260 g/mol. The van der Waals surface area contributed by atoms with E-state index in [1.54, 1.807) is 0 Å². The van der Waals surface area contributed by atoms with Gasteiger partial charge in [0.15, 0.2) is 5.92 Å². The summed E-state index contributed by atoms with van der Waals surface area (Å²) in [6.07, 6.45) is -7.31. The number of halogens is 6. The molecule has 0 aliphatic carbocycles. The fourth-order valence-corrected chi connectivity index (χ4v) is 1.82. The molecule has 0 aliphatic rings. The fourth-order valence-electron chi connectivity index (χ4n) is 1.82. The van der Waals surface area contributed by atoms with Gasteiger partial charge in [-0.2, -0.15) is 26.3 Å². The third-order valence-corrected chi connectivity index (χ3v) is 2.77. The molecule has 1 unspecified atom stereocenters. The van der Waals surface area contributed by atoms with E-state index in [2.05, 4.69) is 0 Å². The minimum Gasteiger partial charge on any atom is -0.327 e. The second-order valence-corrected chi connectivity index (χ2v) is 4.43. The smallest absolute Gasteiger partial charge is 0.327 e. The maximum atomic E-state index is 12.3. The van der Waals surface area contributed by atoms with Gasteiger partial charge < -0.3 is 5.73 Å². The Morgan fingerprint density at radius 1 is 0.833 bits per heavy atom. The summed E-state index contributed by atoms with van der Waals surface area (Å²) in [5.74, 6) is -3.42. The van der Waals surface area contributed by atoms with Crippen LogP contribution in [0.5, 0.6) is 0 Å². The lowest BCUT2D eigenvalue weighted by Gasteiger charge is -2.28. The van der Waals surface area contributed by atoms with Crippen LogP contribution in [0.3, 0.4) is 0 Å². The Balaban J connectivity index is 4.29. The van der Waals surface area contributed by atoms with Crippen molar-refractivity contribution in [2.75, 3.05) is 0 Å². The van der Waals surface area contributed by atoms with Crippen LogP contribution >= 0.6 is 0 Å². The van der Waals surface area contributed by atoms with Crippen molar-refractivity contribution in [3.05, 3.63) is 0 Å². The number of nitrogens with two attached hydrogens (primary N) is 1. The molecule has 0 saturated carbocycles. The molecule has 0 heterocycles.